The van der Waals surface area contributed by atoms with Crippen LogP contribution in [-0.4, -0.2) is 40.9 Å². The number of rotatable bonds is 4. The molecule has 1 saturated heterocycles. The zero-order valence-corrected chi connectivity index (χ0v) is 12.4. The number of hydrogen-bond acceptors (Lipinski definition) is 4. The maximum atomic E-state index is 11.9. The summed E-state index contributed by atoms with van der Waals surface area (Å²) in [6.45, 7) is 5.14. The van der Waals surface area contributed by atoms with Crippen LogP contribution >= 0.6 is 0 Å². The Labute approximate surface area is 119 Å². The normalized spacial score (nSPS) is 25.2. The highest BCUT2D eigenvalue weighted by molar-refractivity contribution is 5.83. The Kier molecular flexibility index (Phi) is 3.95. The van der Waals surface area contributed by atoms with Crippen molar-refractivity contribution >= 4 is 12.0 Å². The summed E-state index contributed by atoms with van der Waals surface area (Å²) in [7, 11) is 0. The Morgan fingerprint density at radius 3 is 2.65 bits per heavy atom. The van der Waals surface area contributed by atoms with Crippen molar-refractivity contribution in [2.75, 3.05) is 6.61 Å². The van der Waals surface area contributed by atoms with Gasteiger partial charge in [0.05, 0.1) is 12.6 Å². The molecule has 0 aromatic heterocycles. The van der Waals surface area contributed by atoms with Gasteiger partial charge in [0.25, 0.3) is 0 Å². The molecular formula is C14H24N2O4. The highest BCUT2D eigenvalue weighted by atomic mass is 16.6. The molecule has 2 amide bonds. The molecule has 3 N–H and O–H groups in total. The Morgan fingerprint density at radius 2 is 2.20 bits per heavy atom. The van der Waals surface area contributed by atoms with Gasteiger partial charge in [-0.3, -0.25) is 4.79 Å². The smallest absolute Gasteiger partial charge is 0.407 e. The zero-order valence-electron chi connectivity index (χ0n) is 12.4. The van der Waals surface area contributed by atoms with Crippen LogP contribution < -0.4 is 10.6 Å². The van der Waals surface area contributed by atoms with Crippen molar-refractivity contribution in [2.45, 2.75) is 63.6 Å². The summed E-state index contributed by atoms with van der Waals surface area (Å²) >= 11 is 0. The molecule has 1 saturated carbocycles. The second-order valence-corrected chi connectivity index (χ2v) is 6.93. The predicted octanol–water partition coefficient (Wildman–Crippen LogP) is 0.931. The lowest BCUT2D eigenvalue weighted by atomic mass is 9.96. The average Bonchev–Trinajstić information content (AvgIpc) is 2.96. The monoisotopic (exact) mass is 284 g/mol. The van der Waals surface area contributed by atoms with Gasteiger partial charge in [-0.1, -0.05) is 0 Å². The SMILES string of the molecule is CC(C)(C)OC(=O)N[C@H](CO)CC1CC2(CC2)NC1=O. The molecule has 0 aromatic carbocycles. The van der Waals surface area contributed by atoms with E-state index in [1.165, 1.54) is 0 Å². The molecule has 6 nitrogen and oxygen atoms in total. The van der Waals surface area contributed by atoms with E-state index in [1.54, 1.807) is 20.8 Å². The molecule has 6 heteroatoms. The molecule has 1 spiro atoms. The third-order valence-electron chi connectivity index (χ3n) is 3.76. The number of carbonyl (C=O) groups excluding carboxylic acids is 2. The molecule has 0 aromatic rings. The molecule has 1 aliphatic heterocycles. The van der Waals surface area contributed by atoms with Crippen LogP contribution in [0.5, 0.6) is 0 Å². The van der Waals surface area contributed by atoms with Crippen LogP contribution in [-0.2, 0) is 9.53 Å². The Hall–Kier alpha value is -1.30. The van der Waals surface area contributed by atoms with Gasteiger partial charge in [-0.15, -0.1) is 0 Å². The van der Waals surface area contributed by atoms with E-state index in [4.69, 9.17) is 4.74 Å². The van der Waals surface area contributed by atoms with Gasteiger partial charge in [0.15, 0.2) is 0 Å². The van der Waals surface area contributed by atoms with E-state index in [2.05, 4.69) is 10.6 Å². The van der Waals surface area contributed by atoms with Gasteiger partial charge < -0.3 is 20.5 Å². The van der Waals surface area contributed by atoms with E-state index < -0.39 is 17.7 Å². The fraction of sp³-hybridized carbons (Fsp3) is 0.857. The Balaban J connectivity index is 1.83. The first-order valence-electron chi connectivity index (χ1n) is 7.15. The van der Waals surface area contributed by atoms with Crippen LogP contribution in [0.1, 0.15) is 46.5 Å². The minimum absolute atomic E-state index is 0.0215. The number of alkyl carbamates (subject to hydrolysis) is 1. The minimum Gasteiger partial charge on any atom is -0.444 e. The second-order valence-electron chi connectivity index (χ2n) is 6.93. The van der Waals surface area contributed by atoms with E-state index in [0.29, 0.717) is 6.42 Å². The highest BCUT2D eigenvalue weighted by Gasteiger charge is 2.52. The van der Waals surface area contributed by atoms with Crippen molar-refractivity contribution in [3.8, 4) is 0 Å². The molecule has 1 unspecified atom stereocenters. The maximum absolute atomic E-state index is 11.9. The van der Waals surface area contributed by atoms with Gasteiger partial charge in [0, 0.05) is 11.5 Å². The predicted molar refractivity (Wildman–Crippen MR) is 73.1 cm³/mol. The van der Waals surface area contributed by atoms with Crippen molar-refractivity contribution in [3.05, 3.63) is 0 Å². The molecule has 2 aliphatic rings. The van der Waals surface area contributed by atoms with Gasteiger partial charge in [0.2, 0.25) is 5.91 Å². The first kappa shape index (κ1) is 15.1. The van der Waals surface area contributed by atoms with Crippen molar-refractivity contribution in [1.82, 2.24) is 10.6 Å². The summed E-state index contributed by atoms with van der Waals surface area (Å²) < 4.78 is 5.15. The molecular weight excluding hydrogens is 260 g/mol. The largest absolute Gasteiger partial charge is 0.444 e. The van der Waals surface area contributed by atoms with E-state index in [1.807, 2.05) is 0 Å². The first-order chi connectivity index (χ1) is 9.23. The quantitative estimate of drug-likeness (QED) is 0.716. The lowest BCUT2D eigenvalue weighted by Gasteiger charge is -2.23. The van der Waals surface area contributed by atoms with Crippen molar-refractivity contribution in [2.24, 2.45) is 5.92 Å². The van der Waals surface area contributed by atoms with Crippen LogP contribution in [0, 0.1) is 5.92 Å². The van der Waals surface area contributed by atoms with Gasteiger partial charge >= 0.3 is 6.09 Å². The minimum atomic E-state index is -0.576. The number of nitrogens with one attached hydrogen (secondary N) is 2. The van der Waals surface area contributed by atoms with E-state index in [0.717, 1.165) is 19.3 Å². The summed E-state index contributed by atoms with van der Waals surface area (Å²) in [5.41, 5.74) is -0.555. The van der Waals surface area contributed by atoms with Gasteiger partial charge in [0.1, 0.15) is 5.60 Å². The Bertz CT molecular complexity index is 398. The standard InChI is InChI=1S/C14H24N2O4/c1-13(2,3)20-12(19)15-10(8-17)6-9-7-14(4-5-14)16-11(9)18/h9-10,17H,4-8H2,1-3H3,(H,15,19)(H,16,18)/t9?,10-/m0/s1. The number of aliphatic hydroxyl groups excluding tert-OH is 1. The number of aliphatic hydroxyl groups is 1. The topological polar surface area (TPSA) is 87.7 Å². The average molecular weight is 284 g/mol. The molecule has 1 aliphatic carbocycles. The number of ether oxygens (including phenoxy) is 1. The molecule has 0 radical (unpaired) electrons. The van der Waals surface area contributed by atoms with Gasteiger partial charge in [-0.25, -0.2) is 4.79 Å². The molecule has 20 heavy (non-hydrogen) atoms. The van der Waals surface area contributed by atoms with Crippen LogP contribution in [0.25, 0.3) is 0 Å². The number of amides is 2. The lowest BCUT2D eigenvalue weighted by Crippen LogP contribution is -2.42. The van der Waals surface area contributed by atoms with E-state index in [-0.39, 0.29) is 24.0 Å². The fourth-order valence-corrected chi connectivity index (χ4v) is 2.65. The van der Waals surface area contributed by atoms with Crippen molar-refractivity contribution in [3.63, 3.8) is 0 Å². The third-order valence-corrected chi connectivity index (χ3v) is 3.76. The van der Waals surface area contributed by atoms with Crippen LogP contribution in [0.2, 0.25) is 0 Å². The maximum Gasteiger partial charge on any atom is 0.407 e. The van der Waals surface area contributed by atoms with E-state index in [9.17, 15) is 14.7 Å². The highest BCUT2D eigenvalue weighted by Crippen LogP contribution is 2.46. The Morgan fingerprint density at radius 1 is 1.55 bits per heavy atom. The lowest BCUT2D eigenvalue weighted by molar-refractivity contribution is -0.123. The molecule has 1 heterocycles. The van der Waals surface area contributed by atoms with Gasteiger partial charge in [-0.05, 0) is 46.5 Å². The zero-order chi connectivity index (χ0) is 15.0. The summed E-state index contributed by atoms with van der Waals surface area (Å²) in [4.78, 5) is 23.5. The second kappa shape index (κ2) is 5.24. The summed E-state index contributed by atoms with van der Waals surface area (Å²) in [5.74, 6) is -0.100. The number of hydrogen-bond donors (Lipinski definition) is 3. The summed E-state index contributed by atoms with van der Waals surface area (Å²) in [6.07, 6.45) is 2.77. The van der Waals surface area contributed by atoms with Crippen LogP contribution in [0.4, 0.5) is 4.79 Å². The number of carbonyl (C=O) groups is 2. The van der Waals surface area contributed by atoms with E-state index >= 15 is 0 Å². The van der Waals surface area contributed by atoms with Crippen molar-refractivity contribution in [1.29, 1.82) is 0 Å². The van der Waals surface area contributed by atoms with Crippen LogP contribution in [0.15, 0.2) is 0 Å². The fourth-order valence-electron chi connectivity index (χ4n) is 2.65. The molecule has 0 bridgehead atoms. The summed E-state index contributed by atoms with van der Waals surface area (Å²) in [6, 6.07) is -0.450. The summed E-state index contributed by atoms with van der Waals surface area (Å²) in [5, 5.41) is 15.0. The van der Waals surface area contributed by atoms with Gasteiger partial charge in [-0.2, -0.15) is 0 Å². The van der Waals surface area contributed by atoms with Crippen LogP contribution in [0.3, 0.4) is 0 Å². The molecule has 2 atom stereocenters. The third kappa shape index (κ3) is 3.85. The molecule has 114 valence electrons. The molecule has 2 rings (SSSR count). The first-order valence-corrected chi connectivity index (χ1v) is 7.15. The molecule has 2 fully saturated rings. The van der Waals surface area contributed by atoms with Crippen molar-refractivity contribution < 1.29 is 19.4 Å².